The fraction of sp³-hybridized carbons (Fsp3) is 0.0870. The van der Waals surface area contributed by atoms with E-state index in [9.17, 15) is 13.2 Å². The Kier molecular flexibility index (Phi) is 5.71. The number of hydrogen-bond acceptors (Lipinski definition) is 9. The number of aromatic nitrogens is 5. The molecule has 0 aliphatic rings. The van der Waals surface area contributed by atoms with E-state index in [1.807, 2.05) is 13.0 Å². The molecule has 0 fully saturated rings. The fourth-order valence-corrected chi connectivity index (χ4v) is 4.31. The molecule has 3 aromatic heterocycles. The van der Waals surface area contributed by atoms with Crippen LogP contribution in [0.15, 0.2) is 87.3 Å². The van der Waals surface area contributed by atoms with Crippen LogP contribution in [0, 0.1) is 6.92 Å². The molecule has 0 unspecified atom stereocenters. The van der Waals surface area contributed by atoms with Crippen molar-refractivity contribution in [3.05, 3.63) is 94.9 Å². The lowest BCUT2D eigenvalue weighted by molar-refractivity contribution is 0.301. The van der Waals surface area contributed by atoms with Crippen LogP contribution in [0.4, 0.5) is 5.95 Å². The molecule has 0 bridgehead atoms. The minimum atomic E-state index is -3.84. The van der Waals surface area contributed by atoms with Gasteiger partial charge in [-0.15, -0.1) is 5.10 Å². The lowest BCUT2D eigenvalue weighted by Crippen LogP contribution is -2.14. The Morgan fingerprint density at radius 1 is 1.06 bits per heavy atom. The van der Waals surface area contributed by atoms with Crippen molar-refractivity contribution in [1.29, 1.82) is 0 Å². The summed E-state index contributed by atoms with van der Waals surface area (Å²) in [4.78, 5) is 19.4. The predicted octanol–water partition coefficient (Wildman–Crippen LogP) is 2.85. The largest absolute Gasteiger partial charge is 0.487 e. The van der Waals surface area contributed by atoms with Gasteiger partial charge in [-0.25, -0.2) is 32.6 Å². The number of rotatable bonds is 7. The van der Waals surface area contributed by atoms with Crippen molar-refractivity contribution in [3.8, 4) is 11.4 Å². The zero-order valence-corrected chi connectivity index (χ0v) is 19.1. The summed E-state index contributed by atoms with van der Waals surface area (Å²) in [5.74, 6) is 0.506. The van der Waals surface area contributed by atoms with Crippen molar-refractivity contribution in [3.63, 3.8) is 0 Å². The van der Waals surface area contributed by atoms with Crippen molar-refractivity contribution in [1.82, 2.24) is 25.0 Å². The Morgan fingerprint density at radius 3 is 2.60 bits per heavy atom. The molecule has 0 aliphatic heterocycles. The third kappa shape index (κ3) is 4.87. The molecule has 0 atom stereocenters. The van der Waals surface area contributed by atoms with Crippen LogP contribution in [-0.2, 0) is 16.6 Å². The Hall–Kier alpha value is -4.58. The van der Waals surface area contributed by atoms with Crippen molar-refractivity contribution in [2.24, 2.45) is 0 Å². The topological polar surface area (TPSA) is 142 Å². The third-order valence-corrected chi connectivity index (χ3v) is 6.40. The summed E-state index contributed by atoms with van der Waals surface area (Å²) >= 11 is 0. The highest BCUT2D eigenvalue weighted by Crippen LogP contribution is 2.23. The summed E-state index contributed by atoms with van der Waals surface area (Å²) in [6.07, 6.45) is 4.56. The van der Waals surface area contributed by atoms with Gasteiger partial charge in [-0.2, -0.15) is 0 Å². The van der Waals surface area contributed by atoms with Gasteiger partial charge in [0.25, 0.3) is 10.0 Å². The smallest absolute Gasteiger partial charge is 0.336 e. The monoisotopic (exact) mass is 490 g/mol. The van der Waals surface area contributed by atoms with E-state index >= 15 is 0 Å². The molecular weight excluding hydrogens is 472 g/mol. The van der Waals surface area contributed by atoms with Crippen LogP contribution < -0.4 is 15.1 Å². The zero-order valence-electron chi connectivity index (χ0n) is 18.3. The molecule has 2 aromatic carbocycles. The van der Waals surface area contributed by atoms with Gasteiger partial charge >= 0.3 is 5.63 Å². The zero-order chi connectivity index (χ0) is 24.4. The Bertz CT molecular complexity index is 1660. The molecule has 3 heterocycles. The van der Waals surface area contributed by atoms with Crippen LogP contribution in [0.2, 0.25) is 0 Å². The molecule has 0 saturated carbocycles. The summed E-state index contributed by atoms with van der Waals surface area (Å²) in [5.41, 5.74) is 2.02. The minimum absolute atomic E-state index is 0.0128. The highest BCUT2D eigenvalue weighted by atomic mass is 32.2. The SMILES string of the molecule is Cc1cc(=O)oc2cc(OCc3cn(-c4ccc(S(=O)(=O)Nc5ncccn5)cc4)nn3)ccc12. The molecule has 0 aliphatic carbocycles. The Labute approximate surface area is 199 Å². The van der Waals surface area contributed by atoms with Gasteiger partial charge in [0.15, 0.2) is 0 Å². The summed E-state index contributed by atoms with van der Waals surface area (Å²) in [5, 5.41) is 9.00. The van der Waals surface area contributed by atoms with E-state index in [1.165, 1.54) is 35.3 Å². The van der Waals surface area contributed by atoms with Crippen LogP contribution in [0.25, 0.3) is 16.7 Å². The maximum absolute atomic E-state index is 12.5. The van der Waals surface area contributed by atoms with Crippen molar-refractivity contribution in [2.75, 3.05) is 4.72 Å². The number of aryl methyl sites for hydroxylation is 1. The van der Waals surface area contributed by atoms with Gasteiger partial charge in [-0.1, -0.05) is 5.21 Å². The standard InChI is InChI=1S/C23H18N6O5S/c1-15-11-22(30)34-21-12-18(5-8-20(15)21)33-14-16-13-29(28-26-16)17-3-6-19(7-4-17)35(31,32)27-23-24-9-2-10-25-23/h2-13H,14H2,1H3,(H,24,25,27). The molecule has 0 saturated heterocycles. The van der Waals surface area contributed by atoms with E-state index in [0.717, 1.165) is 10.9 Å². The lowest BCUT2D eigenvalue weighted by Gasteiger charge is -2.07. The molecule has 5 rings (SSSR count). The second kappa shape index (κ2) is 8.99. The van der Waals surface area contributed by atoms with Gasteiger partial charge in [0.1, 0.15) is 23.6 Å². The van der Waals surface area contributed by atoms with Gasteiger partial charge in [0.2, 0.25) is 5.95 Å². The number of hydrogen-bond donors (Lipinski definition) is 1. The molecule has 12 heteroatoms. The average molecular weight is 491 g/mol. The summed E-state index contributed by atoms with van der Waals surface area (Å²) in [6, 6.07) is 14.4. The molecule has 0 radical (unpaired) electrons. The minimum Gasteiger partial charge on any atom is -0.487 e. The van der Waals surface area contributed by atoms with Crippen molar-refractivity contribution in [2.45, 2.75) is 18.4 Å². The van der Waals surface area contributed by atoms with Gasteiger partial charge in [-0.05, 0) is 55.0 Å². The normalized spacial score (nSPS) is 11.5. The van der Waals surface area contributed by atoms with Crippen LogP contribution >= 0.6 is 0 Å². The number of nitrogens with one attached hydrogen (secondary N) is 1. The first-order chi connectivity index (χ1) is 16.9. The first kappa shape index (κ1) is 22.2. The van der Waals surface area contributed by atoms with Gasteiger partial charge in [-0.3, -0.25) is 0 Å². The van der Waals surface area contributed by atoms with E-state index in [2.05, 4.69) is 25.0 Å². The molecule has 35 heavy (non-hydrogen) atoms. The highest BCUT2D eigenvalue weighted by Gasteiger charge is 2.16. The molecule has 0 spiro atoms. The Morgan fingerprint density at radius 2 is 1.83 bits per heavy atom. The van der Waals surface area contributed by atoms with Gasteiger partial charge < -0.3 is 9.15 Å². The highest BCUT2D eigenvalue weighted by molar-refractivity contribution is 7.92. The quantitative estimate of drug-likeness (QED) is 0.341. The molecule has 11 nitrogen and oxygen atoms in total. The first-order valence-corrected chi connectivity index (χ1v) is 11.8. The maximum Gasteiger partial charge on any atom is 0.336 e. The van der Waals surface area contributed by atoms with E-state index in [1.54, 1.807) is 36.5 Å². The molecule has 1 N–H and O–H groups in total. The predicted molar refractivity (Wildman–Crippen MR) is 126 cm³/mol. The second-order valence-corrected chi connectivity index (χ2v) is 9.20. The number of ether oxygens (including phenoxy) is 1. The molecular formula is C23H18N6O5S. The van der Waals surface area contributed by atoms with Crippen LogP contribution in [-0.4, -0.2) is 33.4 Å². The summed E-state index contributed by atoms with van der Waals surface area (Å²) in [6.45, 7) is 1.98. The number of nitrogens with zero attached hydrogens (tertiary/aromatic N) is 5. The van der Waals surface area contributed by atoms with Gasteiger partial charge in [0.05, 0.1) is 16.8 Å². The Balaban J connectivity index is 1.27. The van der Waals surface area contributed by atoms with Crippen molar-refractivity contribution >= 4 is 26.9 Å². The maximum atomic E-state index is 12.5. The number of benzene rings is 2. The lowest BCUT2D eigenvalue weighted by atomic mass is 10.1. The van der Waals surface area contributed by atoms with Crippen LogP contribution in [0.3, 0.4) is 0 Å². The van der Waals surface area contributed by atoms with Crippen LogP contribution in [0.5, 0.6) is 5.75 Å². The van der Waals surface area contributed by atoms with E-state index in [-0.39, 0.29) is 17.5 Å². The fourth-order valence-electron chi connectivity index (χ4n) is 3.35. The number of sulfonamides is 1. The van der Waals surface area contributed by atoms with E-state index < -0.39 is 15.6 Å². The van der Waals surface area contributed by atoms with E-state index in [0.29, 0.717) is 22.7 Å². The third-order valence-electron chi connectivity index (χ3n) is 5.05. The second-order valence-electron chi connectivity index (χ2n) is 7.52. The summed E-state index contributed by atoms with van der Waals surface area (Å²) in [7, 11) is -3.84. The first-order valence-electron chi connectivity index (χ1n) is 10.4. The van der Waals surface area contributed by atoms with E-state index in [4.69, 9.17) is 9.15 Å². The molecule has 0 amide bonds. The molecule has 5 aromatic rings. The average Bonchev–Trinajstić information content (AvgIpc) is 3.32. The van der Waals surface area contributed by atoms with Crippen molar-refractivity contribution < 1.29 is 17.6 Å². The number of fused-ring (bicyclic) bond motifs is 1. The summed E-state index contributed by atoms with van der Waals surface area (Å²) < 4.78 is 39.9. The van der Waals surface area contributed by atoms with Gasteiger partial charge in [0, 0.05) is 29.9 Å². The number of anilines is 1. The van der Waals surface area contributed by atoms with Crippen LogP contribution in [0.1, 0.15) is 11.3 Å². The molecule has 176 valence electrons.